The molecule has 1 aromatic carbocycles. The highest BCUT2D eigenvalue weighted by molar-refractivity contribution is 7.09. The molecule has 128 valence electrons. The van der Waals surface area contributed by atoms with Crippen molar-refractivity contribution in [1.82, 2.24) is 14.3 Å². The quantitative estimate of drug-likeness (QED) is 0.752. The van der Waals surface area contributed by atoms with Crippen LogP contribution in [0.15, 0.2) is 30.3 Å². The van der Waals surface area contributed by atoms with Gasteiger partial charge in [0.1, 0.15) is 11.6 Å². The van der Waals surface area contributed by atoms with E-state index in [1.54, 1.807) is 0 Å². The van der Waals surface area contributed by atoms with Crippen molar-refractivity contribution in [2.24, 2.45) is 0 Å². The van der Waals surface area contributed by atoms with Gasteiger partial charge in [-0.2, -0.15) is 9.36 Å². The standard InChI is InChI=1S/C18H16F2N4S/c19-13-7-12(8-14(20)9-13)17-23-18(25-24-17)21-10-15-6-5-11-3-1-2-4-16(11)22-15/h5-9H,1-4,10H2,(H,21,23,24). The van der Waals surface area contributed by atoms with E-state index in [-0.39, 0.29) is 0 Å². The number of hydrogen-bond acceptors (Lipinski definition) is 5. The second-order valence-corrected chi connectivity index (χ2v) is 6.80. The number of nitrogens with zero attached hydrogens (tertiary/aromatic N) is 3. The number of pyridine rings is 1. The molecule has 0 saturated carbocycles. The van der Waals surface area contributed by atoms with Crippen LogP contribution in [0.2, 0.25) is 0 Å². The van der Waals surface area contributed by atoms with Crippen LogP contribution in [-0.2, 0) is 19.4 Å². The molecule has 0 amide bonds. The molecule has 0 bridgehead atoms. The van der Waals surface area contributed by atoms with Crippen molar-refractivity contribution in [3.63, 3.8) is 0 Å². The molecule has 2 aromatic heterocycles. The minimum atomic E-state index is -0.641. The summed E-state index contributed by atoms with van der Waals surface area (Å²) in [6, 6.07) is 7.46. The number of benzene rings is 1. The maximum absolute atomic E-state index is 13.3. The van der Waals surface area contributed by atoms with Gasteiger partial charge in [0.2, 0.25) is 5.13 Å². The number of nitrogens with one attached hydrogen (secondary N) is 1. The predicted octanol–water partition coefficient (Wildman–Crippen LogP) is 4.37. The summed E-state index contributed by atoms with van der Waals surface area (Å²) in [5.41, 5.74) is 3.82. The van der Waals surface area contributed by atoms with Crippen LogP contribution < -0.4 is 5.32 Å². The minimum Gasteiger partial charge on any atom is -0.355 e. The molecule has 1 aliphatic rings. The molecule has 0 unspecified atom stereocenters. The average molecular weight is 358 g/mol. The van der Waals surface area contributed by atoms with Gasteiger partial charge in [0, 0.05) is 28.9 Å². The molecule has 1 N–H and O–H groups in total. The molecule has 4 rings (SSSR count). The highest BCUT2D eigenvalue weighted by Gasteiger charge is 2.12. The molecule has 0 spiro atoms. The lowest BCUT2D eigenvalue weighted by Crippen LogP contribution is -2.09. The number of hydrogen-bond donors (Lipinski definition) is 1. The monoisotopic (exact) mass is 358 g/mol. The maximum atomic E-state index is 13.3. The third kappa shape index (κ3) is 3.66. The van der Waals surface area contributed by atoms with E-state index in [9.17, 15) is 8.78 Å². The molecule has 1 aliphatic carbocycles. The Morgan fingerprint density at radius 2 is 1.80 bits per heavy atom. The van der Waals surface area contributed by atoms with Crippen molar-refractivity contribution >= 4 is 16.7 Å². The normalized spacial score (nSPS) is 13.5. The number of fused-ring (bicyclic) bond motifs is 1. The fourth-order valence-electron chi connectivity index (χ4n) is 2.99. The van der Waals surface area contributed by atoms with Gasteiger partial charge in [-0.3, -0.25) is 4.98 Å². The first kappa shape index (κ1) is 16.1. The average Bonchev–Trinajstić information content (AvgIpc) is 3.08. The lowest BCUT2D eigenvalue weighted by Gasteiger charge is -2.15. The molecule has 25 heavy (non-hydrogen) atoms. The molecule has 0 radical (unpaired) electrons. The van der Waals surface area contributed by atoms with Crippen LogP contribution in [0.4, 0.5) is 13.9 Å². The van der Waals surface area contributed by atoms with Crippen LogP contribution in [0.25, 0.3) is 11.4 Å². The predicted molar refractivity (Wildman–Crippen MR) is 93.5 cm³/mol. The Morgan fingerprint density at radius 1 is 1.00 bits per heavy atom. The van der Waals surface area contributed by atoms with Crippen LogP contribution >= 0.6 is 11.5 Å². The molecule has 0 aliphatic heterocycles. The zero-order valence-electron chi connectivity index (χ0n) is 13.4. The van der Waals surface area contributed by atoms with Gasteiger partial charge >= 0.3 is 0 Å². The summed E-state index contributed by atoms with van der Waals surface area (Å²) in [5, 5.41) is 3.78. The van der Waals surface area contributed by atoms with E-state index in [0.717, 1.165) is 36.1 Å². The highest BCUT2D eigenvalue weighted by Crippen LogP contribution is 2.24. The molecule has 7 heteroatoms. The smallest absolute Gasteiger partial charge is 0.203 e. The molecular weight excluding hydrogens is 342 g/mol. The van der Waals surface area contributed by atoms with E-state index in [4.69, 9.17) is 4.98 Å². The van der Waals surface area contributed by atoms with Gasteiger partial charge in [-0.05, 0) is 49.4 Å². The second-order valence-electron chi connectivity index (χ2n) is 6.05. The topological polar surface area (TPSA) is 50.7 Å². The third-order valence-corrected chi connectivity index (χ3v) is 4.88. The van der Waals surface area contributed by atoms with Crippen molar-refractivity contribution in [3.05, 3.63) is 58.9 Å². The third-order valence-electron chi connectivity index (χ3n) is 4.20. The molecule has 3 aromatic rings. The van der Waals surface area contributed by atoms with Crippen molar-refractivity contribution in [2.75, 3.05) is 5.32 Å². The van der Waals surface area contributed by atoms with Gasteiger partial charge < -0.3 is 5.32 Å². The highest BCUT2D eigenvalue weighted by atomic mass is 32.1. The SMILES string of the molecule is Fc1cc(F)cc(-c2nsc(NCc3ccc4c(n3)CCCC4)n2)c1. The summed E-state index contributed by atoms with van der Waals surface area (Å²) in [7, 11) is 0. The summed E-state index contributed by atoms with van der Waals surface area (Å²) in [5.74, 6) is -0.973. The van der Waals surface area contributed by atoms with Crippen LogP contribution in [0.5, 0.6) is 0 Å². The van der Waals surface area contributed by atoms with Crippen LogP contribution in [-0.4, -0.2) is 14.3 Å². The first-order chi connectivity index (χ1) is 12.2. The Balaban J connectivity index is 1.46. The number of halogens is 2. The lowest BCUT2D eigenvalue weighted by atomic mass is 9.96. The summed E-state index contributed by atoms with van der Waals surface area (Å²) < 4.78 is 30.8. The number of aryl methyl sites for hydroxylation is 2. The second kappa shape index (κ2) is 6.84. The Bertz CT molecular complexity index is 890. The summed E-state index contributed by atoms with van der Waals surface area (Å²) >= 11 is 1.16. The maximum Gasteiger partial charge on any atom is 0.203 e. The summed E-state index contributed by atoms with van der Waals surface area (Å²) in [6.07, 6.45) is 4.58. The van der Waals surface area contributed by atoms with Gasteiger partial charge in [0.05, 0.1) is 12.2 Å². The molecular formula is C18H16F2N4S. The Morgan fingerprint density at radius 3 is 2.64 bits per heavy atom. The Hall–Kier alpha value is -2.41. The minimum absolute atomic E-state index is 0.310. The molecule has 0 saturated heterocycles. The fourth-order valence-corrected chi connectivity index (χ4v) is 3.57. The summed E-state index contributed by atoms with van der Waals surface area (Å²) in [6.45, 7) is 0.541. The van der Waals surface area contributed by atoms with E-state index < -0.39 is 11.6 Å². The van der Waals surface area contributed by atoms with Crippen LogP contribution in [0.1, 0.15) is 29.8 Å². The van der Waals surface area contributed by atoms with E-state index in [1.807, 2.05) is 6.07 Å². The zero-order valence-corrected chi connectivity index (χ0v) is 14.2. The van der Waals surface area contributed by atoms with E-state index in [2.05, 4.69) is 20.7 Å². The van der Waals surface area contributed by atoms with Crippen molar-refractivity contribution in [3.8, 4) is 11.4 Å². The Labute approximate surface area is 148 Å². The largest absolute Gasteiger partial charge is 0.355 e. The van der Waals surface area contributed by atoms with Gasteiger partial charge in [0.15, 0.2) is 5.82 Å². The molecule has 2 heterocycles. The van der Waals surface area contributed by atoms with Gasteiger partial charge in [-0.15, -0.1) is 0 Å². The van der Waals surface area contributed by atoms with Crippen molar-refractivity contribution in [2.45, 2.75) is 32.2 Å². The van der Waals surface area contributed by atoms with Crippen LogP contribution in [0.3, 0.4) is 0 Å². The van der Waals surface area contributed by atoms with Crippen LogP contribution in [0, 0.1) is 11.6 Å². The van der Waals surface area contributed by atoms with Gasteiger partial charge in [-0.25, -0.2) is 8.78 Å². The number of aromatic nitrogens is 3. The number of rotatable bonds is 4. The lowest BCUT2D eigenvalue weighted by molar-refractivity contribution is 0.584. The first-order valence-corrected chi connectivity index (χ1v) is 8.96. The Kier molecular flexibility index (Phi) is 4.40. The molecule has 0 atom stereocenters. The van der Waals surface area contributed by atoms with E-state index in [0.29, 0.717) is 23.1 Å². The summed E-state index contributed by atoms with van der Waals surface area (Å²) in [4.78, 5) is 9.01. The van der Waals surface area contributed by atoms with Crippen molar-refractivity contribution < 1.29 is 8.78 Å². The fraction of sp³-hybridized carbons (Fsp3) is 0.278. The molecule has 0 fully saturated rings. The van der Waals surface area contributed by atoms with E-state index >= 15 is 0 Å². The first-order valence-electron chi connectivity index (χ1n) is 8.19. The van der Waals surface area contributed by atoms with Crippen molar-refractivity contribution in [1.29, 1.82) is 0 Å². The molecule has 4 nitrogen and oxygen atoms in total. The zero-order chi connectivity index (χ0) is 17.2. The number of anilines is 1. The van der Waals surface area contributed by atoms with Gasteiger partial charge in [-0.1, -0.05) is 6.07 Å². The van der Waals surface area contributed by atoms with Gasteiger partial charge in [0.25, 0.3) is 0 Å². The van der Waals surface area contributed by atoms with E-state index in [1.165, 1.54) is 36.2 Å².